The fraction of sp³-hybridized carbons (Fsp3) is 0.929. The highest BCUT2D eigenvalue weighted by Crippen LogP contribution is 2.11. The molecule has 0 aromatic heterocycles. The summed E-state index contributed by atoms with van der Waals surface area (Å²) in [7, 11) is 4.10. The van der Waals surface area contributed by atoms with Crippen LogP contribution in [-0.4, -0.2) is 43.0 Å². The zero-order valence-corrected chi connectivity index (χ0v) is 12.9. The molecule has 0 radical (unpaired) electrons. The lowest BCUT2D eigenvalue weighted by Gasteiger charge is -2.29. The van der Waals surface area contributed by atoms with Crippen LogP contribution in [0.5, 0.6) is 0 Å². The minimum atomic E-state index is -0.747. The highest BCUT2D eigenvalue weighted by Gasteiger charge is 2.27. The van der Waals surface area contributed by atoms with Gasteiger partial charge in [0.25, 0.3) is 0 Å². The van der Waals surface area contributed by atoms with Crippen molar-refractivity contribution in [1.82, 2.24) is 10.2 Å². The minimum absolute atomic E-state index is 0.0417. The molecule has 0 bridgehead atoms. The van der Waals surface area contributed by atoms with Crippen LogP contribution in [0.3, 0.4) is 0 Å². The maximum absolute atomic E-state index is 12.0. The Morgan fingerprint density at radius 2 is 1.94 bits per heavy atom. The first-order chi connectivity index (χ1) is 8.20. The van der Waals surface area contributed by atoms with Crippen molar-refractivity contribution in [2.24, 2.45) is 11.7 Å². The van der Waals surface area contributed by atoms with Gasteiger partial charge in [0.2, 0.25) is 5.91 Å². The molecular formula is C14H31N3O. The third kappa shape index (κ3) is 6.36. The number of hydrogen-bond donors (Lipinski definition) is 2. The lowest BCUT2D eigenvalue weighted by molar-refractivity contribution is -0.126. The van der Waals surface area contributed by atoms with Gasteiger partial charge in [-0.25, -0.2) is 0 Å². The number of likely N-dealkylation sites (N-methyl/N-ethyl adjacent to an activating group) is 1. The zero-order chi connectivity index (χ0) is 14.3. The summed E-state index contributed by atoms with van der Waals surface area (Å²) in [4.78, 5) is 14.2. The van der Waals surface area contributed by atoms with Crippen LogP contribution in [0.2, 0.25) is 0 Å². The predicted octanol–water partition coefficient (Wildman–Crippen LogP) is 1.60. The van der Waals surface area contributed by atoms with Crippen LogP contribution in [-0.2, 0) is 4.79 Å². The zero-order valence-electron chi connectivity index (χ0n) is 12.9. The highest BCUT2D eigenvalue weighted by molar-refractivity contribution is 5.85. The fourth-order valence-corrected chi connectivity index (χ4v) is 2.07. The van der Waals surface area contributed by atoms with Crippen LogP contribution in [0.4, 0.5) is 0 Å². The molecule has 0 aromatic rings. The smallest absolute Gasteiger partial charge is 0.239 e. The Hall–Kier alpha value is -0.610. The largest absolute Gasteiger partial charge is 0.353 e. The third-order valence-electron chi connectivity index (χ3n) is 3.26. The van der Waals surface area contributed by atoms with Crippen LogP contribution in [0.25, 0.3) is 0 Å². The van der Waals surface area contributed by atoms with Gasteiger partial charge in [0.15, 0.2) is 0 Å². The summed E-state index contributed by atoms with van der Waals surface area (Å²) in [6.07, 6.45) is 2.71. The molecule has 1 amide bonds. The topological polar surface area (TPSA) is 58.4 Å². The molecule has 4 heteroatoms. The van der Waals surface area contributed by atoms with Crippen LogP contribution in [0.15, 0.2) is 0 Å². The predicted molar refractivity (Wildman–Crippen MR) is 77.4 cm³/mol. The molecule has 0 saturated heterocycles. The third-order valence-corrected chi connectivity index (χ3v) is 3.26. The SMILES string of the molecule is CCCC(C)(N)C(=O)NCC(CC(C)C)N(C)C. The number of hydrogen-bond acceptors (Lipinski definition) is 3. The second-order valence-electron chi connectivity index (χ2n) is 6.12. The Kier molecular flexibility index (Phi) is 7.48. The number of rotatable bonds is 8. The van der Waals surface area contributed by atoms with Crippen molar-refractivity contribution >= 4 is 5.91 Å². The molecule has 0 saturated carbocycles. The maximum Gasteiger partial charge on any atom is 0.239 e. The summed E-state index contributed by atoms with van der Waals surface area (Å²) < 4.78 is 0. The van der Waals surface area contributed by atoms with Gasteiger partial charge in [-0.2, -0.15) is 0 Å². The van der Waals surface area contributed by atoms with Crippen molar-refractivity contribution in [3.63, 3.8) is 0 Å². The van der Waals surface area contributed by atoms with Crippen molar-refractivity contribution in [2.75, 3.05) is 20.6 Å². The average molecular weight is 257 g/mol. The summed E-state index contributed by atoms with van der Waals surface area (Å²) >= 11 is 0. The average Bonchev–Trinajstić information content (AvgIpc) is 2.22. The van der Waals surface area contributed by atoms with Crippen LogP contribution < -0.4 is 11.1 Å². The Bertz CT molecular complexity index is 249. The van der Waals surface area contributed by atoms with Gasteiger partial charge in [0.1, 0.15) is 0 Å². The van der Waals surface area contributed by atoms with E-state index in [-0.39, 0.29) is 5.91 Å². The quantitative estimate of drug-likeness (QED) is 0.694. The molecule has 3 N–H and O–H groups in total. The molecule has 0 aliphatic carbocycles. The molecule has 0 aliphatic heterocycles. The Balaban J connectivity index is 4.31. The minimum Gasteiger partial charge on any atom is -0.353 e. The molecule has 0 heterocycles. The van der Waals surface area contributed by atoms with Crippen molar-refractivity contribution in [2.45, 2.75) is 58.5 Å². The number of carbonyl (C=O) groups is 1. The van der Waals surface area contributed by atoms with E-state index in [1.165, 1.54) is 0 Å². The summed E-state index contributed by atoms with van der Waals surface area (Å²) in [5, 5.41) is 2.99. The lowest BCUT2D eigenvalue weighted by Crippen LogP contribution is -2.54. The van der Waals surface area contributed by atoms with E-state index in [0.717, 1.165) is 19.3 Å². The summed E-state index contributed by atoms with van der Waals surface area (Å²) in [6.45, 7) is 8.91. The van der Waals surface area contributed by atoms with E-state index in [1.807, 2.05) is 21.0 Å². The van der Waals surface area contributed by atoms with Gasteiger partial charge in [-0.15, -0.1) is 0 Å². The summed E-state index contributed by atoms with van der Waals surface area (Å²) in [5.41, 5.74) is 5.26. The van der Waals surface area contributed by atoms with Gasteiger partial charge < -0.3 is 16.0 Å². The summed E-state index contributed by atoms with van der Waals surface area (Å²) in [5.74, 6) is 0.578. The molecule has 0 fully saturated rings. The van der Waals surface area contributed by atoms with E-state index in [0.29, 0.717) is 18.5 Å². The molecule has 2 unspecified atom stereocenters. The van der Waals surface area contributed by atoms with E-state index in [2.05, 4.69) is 24.1 Å². The van der Waals surface area contributed by atoms with E-state index >= 15 is 0 Å². The molecule has 0 aliphatic rings. The normalized spacial score (nSPS) is 16.7. The fourth-order valence-electron chi connectivity index (χ4n) is 2.07. The molecular weight excluding hydrogens is 226 g/mol. The van der Waals surface area contributed by atoms with Crippen LogP contribution in [0, 0.1) is 5.92 Å². The Morgan fingerprint density at radius 1 is 1.39 bits per heavy atom. The molecule has 108 valence electrons. The Labute approximate surface area is 112 Å². The van der Waals surface area contributed by atoms with Crippen LogP contribution in [0.1, 0.15) is 47.0 Å². The second kappa shape index (κ2) is 7.74. The van der Waals surface area contributed by atoms with E-state index < -0.39 is 5.54 Å². The monoisotopic (exact) mass is 257 g/mol. The van der Waals surface area contributed by atoms with Gasteiger partial charge in [-0.1, -0.05) is 27.2 Å². The number of nitrogens with one attached hydrogen (secondary N) is 1. The molecule has 0 aromatic carbocycles. The standard InChI is InChI=1S/C14H31N3O/c1-7-8-14(4,15)13(18)16-10-12(17(5)6)9-11(2)3/h11-12H,7-10,15H2,1-6H3,(H,16,18). The molecule has 2 atom stereocenters. The van der Waals surface area contributed by atoms with E-state index in [9.17, 15) is 4.79 Å². The molecule has 0 spiro atoms. The number of amides is 1. The molecule has 18 heavy (non-hydrogen) atoms. The van der Waals surface area contributed by atoms with Gasteiger partial charge >= 0.3 is 0 Å². The van der Waals surface area contributed by atoms with Crippen LogP contribution >= 0.6 is 0 Å². The van der Waals surface area contributed by atoms with Gasteiger partial charge in [-0.3, -0.25) is 4.79 Å². The summed E-state index contributed by atoms with van der Waals surface area (Å²) in [6, 6.07) is 0.367. The lowest BCUT2D eigenvalue weighted by atomic mass is 9.96. The van der Waals surface area contributed by atoms with Crippen molar-refractivity contribution in [1.29, 1.82) is 0 Å². The van der Waals surface area contributed by atoms with E-state index in [1.54, 1.807) is 6.92 Å². The maximum atomic E-state index is 12.0. The number of nitrogens with zero attached hydrogens (tertiary/aromatic N) is 1. The first-order valence-electron chi connectivity index (χ1n) is 6.94. The van der Waals surface area contributed by atoms with Crippen molar-refractivity contribution < 1.29 is 4.79 Å². The second-order valence-corrected chi connectivity index (χ2v) is 6.12. The van der Waals surface area contributed by atoms with Gasteiger partial charge in [0.05, 0.1) is 5.54 Å². The van der Waals surface area contributed by atoms with Crippen molar-refractivity contribution in [3.05, 3.63) is 0 Å². The van der Waals surface area contributed by atoms with Crippen molar-refractivity contribution in [3.8, 4) is 0 Å². The Morgan fingerprint density at radius 3 is 2.33 bits per heavy atom. The first kappa shape index (κ1) is 17.4. The van der Waals surface area contributed by atoms with Gasteiger partial charge in [-0.05, 0) is 39.8 Å². The van der Waals surface area contributed by atoms with E-state index in [4.69, 9.17) is 5.73 Å². The molecule has 4 nitrogen and oxygen atoms in total. The first-order valence-corrected chi connectivity index (χ1v) is 6.94. The molecule has 0 rings (SSSR count). The highest BCUT2D eigenvalue weighted by atomic mass is 16.2. The number of carbonyl (C=O) groups excluding carboxylic acids is 1. The van der Waals surface area contributed by atoms with Gasteiger partial charge in [0, 0.05) is 12.6 Å². The number of nitrogens with two attached hydrogens (primary N) is 1.